The fourth-order valence-electron chi connectivity index (χ4n) is 5.79. The lowest BCUT2D eigenvalue weighted by atomic mass is 10.1. The van der Waals surface area contributed by atoms with Crippen molar-refractivity contribution in [3.8, 4) is 17.2 Å². The lowest BCUT2D eigenvalue weighted by molar-refractivity contribution is -0.122. The number of nitrogens with zero attached hydrogens (tertiary/aromatic N) is 3. The summed E-state index contributed by atoms with van der Waals surface area (Å²) in [6.45, 7) is 1.62. The molecule has 11 nitrogen and oxygen atoms in total. The van der Waals surface area contributed by atoms with Gasteiger partial charge in [0.15, 0.2) is 0 Å². The molecule has 0 spiro atoms. The van der Waals surface area contributed by atoms with Gasteiger partial charge >= 0.3 is 0 Å². The number of nitrogens with one attached hydrogen (secondary N) is 2. The molecule has 0 atom stereocenters. The van der Waals surface area contributed by atoms with Crippen molar-refractivity contribution in [3.63, 3.8) is 0 Å². The minimum atomic E-state index is -0.299. The van der Waals surface area contributed by atoms with Crippen LogP contribution in [0, 0.1) is 0 Å². The van der Waals surface area contributed by atoms with Crippen LogP contribution < -0.4 is 29.7 Å². The van der Waals surface area contributed by atoms with Crippen LogP contribution in [0.2, 0.25) is 0 Å². The number of anilines is 2. The zero-order chi connectivity index (χ0) is 35.1. The third kappa shape index (κ3) is 10.2. The van der Waals surface area contributed by atoms with E-state index in [-0.39, 0.29) is 30.8 Å². The average Bonchev–Trinajstić information content (AvgIpc) is 3.14. The molecule has 0 aliphatic carbocycles. The van der Waals surface area contributed by atoms with Crippen molar-refractivity contribution in [3.05, 3.63) is 108 Å². The van der Waals surface area contributed by atoms with Crippen LogP contribution in [0.25, 0.3) is 0 Å². The first-order chi connectivity index (χ1) is 24.4. The Morgan fingerprint density at radius 3 is 2.12 bits per heavy atom. The molecule has 262 valence electrons. The van der Waals surface area contributed by atoms with Crippen molar-refractivity contribution < 1.29 is 28.6 Å². The van der Waals surface area contributed by atoms with Gasteiger partial charge in [0.05, 0.1) is 50.5 Å². The number of amides is 3. The molecule has 2 N–H and O–H groups in total. The molecule has 3 amide bonds. The summed E-state index contributed by atoms with van der Waals surface area (Å²) in [5, 5.41) is 5.97. The molecule has 5 rings (SSSR count). The Kier molecular flexibility index (Phi) is 13.0. The average molecular weight is 680 g/mol. The molecule has 0 unspecified atom stereocenters. The Bertz CT molecular complexity index is 1750. The Morgan fingerprint density at radius 1 is 0.780 bits per heavy atom. The Balaban J connectivity index is 1.31. The molecule has 0 radical (unpaired) electrons. The molecular formula is C39H45N5O6. The van der Waals surface area contributed by atoms with Crippen molar-refractivity contribution in [1.29, 1.82) is 0 Å². The molecule has 11 heteroatoms. The van der Waals surface area contributed by atoms with Gasteiger partial charge < -0.3 is 34.6 Å². The Hall–Kier alpha value is -5.58. The van der Waals surface area contributed by atoms with E-state index in [0.717, 1.165) is 35.5 Å². The van der Waals surface area contributed by atoms with Crippen LogP contribution in [0.15, 0.2) is 91.3 Å². The lowest BCUT2D eigenvalue weighted by Gasteiger charge is -2.28. The smallest absolute Gasteiger partial charge is 0.255 e. The van der Waals surface area contributed by atoms with Crippen LogP contribution in [-0.2, 0) is 22.4 Å². The summed E-state index contributed by atoms with van der Waals surface area (Å²) in [5.74, 6) is 1.42. The second-order valence-corrected chi connectivity index (χ2v) is 12.0. The highest BCUT2D eigenvalue weighted by Gasteiger charge is 2.23. The number of rotatable bonds is 12. The standard InChI is InChI=1S/C39H45N5O6/c1-48-33-12-8-10-29(22-33)16-18-41-37(45)27-43-20-6-3-7-21-50-36-15-5-4-14-35(36)44(32-24-31(39(43)47)25-40-26-32)28-38(46)42-19-17-30-11-9-13-34(23-30)49-2/h4-5,8-15,22-26H,3,6-7,16-21,27-28H2,1-2H3,(H,41,45)(H,42,46). The van der Waals surface area contributed by atoms with E-state index in [0.29, 0.717) is 68.2 Å². The first kappa shape index (κ1) is 35.7. The van der Waals surface area contributed by atoms with Crippen molar-refractivity contribution in [1.82, 2.24) is 20.5 Å². The van der Waals surface area contributed by atoms with Gasteiger partial charge in [0.1, 0.15) is 23.8 Å². The third-order valence-electron chi connectivity index (χ3n) is 8.43. The van der Waals surface area contributed by atoms with E-state index in [1.807, 2.05) is 72.8 Å². The summed E-state index contributed by atoms with van der Waals surface area (Å²) in [6, 6.07) is 24.7. The van der Waals surface area contributed by atoms with Crippen LogP contribution in [0.3, 0.4) is 0 Å². The SMILES string of the molecule is COc1cccc(CCNC(=O)CN2CCCCCOc3ccccc3N(CC(=O)NCCc3cccc(OC)c3)c3cncc(c3)C2=O)c1. The molecule has 0 saturated heterocycles. The fourth-order valence-corrected chi connectivity index (χ4v) is 5.79. The van der Waals surface area contributed by atoms with E-state index >= 15 is 0 Å². The zero-order valence-corrected chi connectivity index (χ0v) is 28.7. The van der Waals surface area contributed by atoms with Gasteiger partial charge in [-0.15, -0.1) is 0 Å². The normalized spacial score (nSPS) is 13.4. The number of hydrogen-bond acceptors (Lipinski definition) is 8. The maximum absolute atomic E-state index is 13.9. The number of benzene rings is 3. The fraction of sp³-hybridized carbons (Fsp3) is 0.333. The highest BCUT2D eigenvalue weighted by Crippen LogP contribution is 2.34. The van der Waals surface area contributed by atoms with Gasteiger partial charge in [-0.2, -0.15) is 0 Å². The predicted octanol–water partition coefficient (Wildman–Crippen LogP) is 4.96. The number of carbonyl (C=O) groups excluding carboxylic acids is 3. The second kappa shape index (κ2) is 18.3. The van der Waals surface area contributed by atoms with Gasteiger partial charge in [0.2, 0.25) is 11.8 Å². The molecule has 0 fully saturated rings. The van der Waals surface area contributed by atoms with Gasteiger partial charge in [0.25, 0.3) is 5.91 Å². The summed E-state index contributed by atoms with van der Waals surface area (Å²) >= 11 is 0. The highest BCUT2D eigenvalue weighted by molar-refractivity contribution is 5.97. The topological polar surface area (TPSA) is 122 Å². The number of fused-ring (bicyclic) bond motifs is 3. The summed E-state index contributed by atoms with van der Waals surface area (Å²) < 4.78 is 16.8. The molecule has 50 heavy (non-hydrogen) atoms. The zero-order valence-electron chi connectivity index (χ0n) is 28.7. The maximum Gasteiger partial charge on any atom is 0.255 e. The van der Waals surface area contributed by atoms with Gasteiger partial charge in [-0.3, -0.25) is 19.4 Å². The van der Waals surface area contributed by atoms with Crippen LogP contribution in [0.4, 0.5) is 11.4 Å². The molecule has 0 saturated carbocycles. The van der Waals surface area contributed by atoms with E-state index in [1.165, 1.54) is 6.20 Å². The van der Waals surface area contributed by atoms with E-state index in [9.17, 15) is 14.4 Å². The van der Waals surface area contributed by atoms with Crippen LogP contribution in [0.1, 0.15) is 40.7 Å². The minimum absolute atomic E-state index is 0.0305. The molecule has 2 bridgehead atoms. The van der Waals surface area contributed by atoms with Gasteiger partial charge in [0, 0.05) is 25.8 Å². The van der Waals surface area contributed by atoms with E-state index in [4.69, 9.17) is 14.2 Å². The van der Waals surface area contributed by atoms with Crippen LogP contribution >= 0.6 is 0 Å². The molecule has 2 heterocycles. The monoisotopic (exact) mass is 679 g/mol. The molecule has 4 aromatic rings. The maximum atomic E-state index is 13.9. The number of ether oxygens (including phenoxy) is 3. The van der Waals surface area contributed by atoms with Crippen LogP contribution in [0.5, 0.6) is 17.2 Å². The molecule has 1 aromatic heterocycles. The van der Waals surface area contributed by atoms with E-state index < -0.39 is 0 Å². The van der Waals surface area contributed by atoms with Gasteiger partial charge in [-0.05, 0) is 85.7 Å². The molecule has 1 aliphatic rings. The molecular weight excluding hydrogens is 634 g/mol. The number of aromatic nitrogens is 1. The van der Waals surface area contributed by atoms with Gasteiger partial charge in [-0.1, -0.05) is 36.4 Å². The number of para-hydroxylation sites is 2. The third-order valence-corrected chi connectivity index (χ3v) is 8.43. The van der Waals surface area contributed by atoms with Crippen molar-refractivity contribution in [2.75, 3.05) is 58.5 Å². The highest BCUT2D eigenvalue weighted by atomic mass is 16.5. The van der Waals surface area contributed by atoms with E-state index in [1.54, 1.807) is 36.3 Å². The summed E-state index contributed by atoms with van der Waals surface area (Å²) in [4.78, 5) is 48.2. The van der Waals surface area contributed by atoms with Gasteiger partial charge in [-0.25, -0.2) is 0 Å². The second-order valence-electron chi connectivity index (χ2n) is 12.0. The summed E-state index contributed by atoms with van der Waals surface area (Å²) in [6.07, 6.45) is 6.68. The van der Waals surface area contributed by atoms with E-state index in [2.05, 4.69) is 15.6 Å². The summed E-state index contributed by atoms with van der Waals surface area (Å²) in [5.41, 5.74) is 3.65. The Labute approximate surface area is 293 Å². The largest absolute Gasteiger partial charge is 0.497 e. The quantitative estimate of drug-likeness (QED) is 0.216. The molecule has 1 aliphatic heterocycles. The Morgan fingerprint density at radius 2 is 1.44 bits per heavy atom. The van der Waals surface area contributed by atoms with Crippen LogP contribution in [-0.4, -0.2) is 81.2 Å². The molecule has 3 aromatic carbocycles. The minimum Gasteiger partial charge on any atom is -0.497 e. The van der Waals surface area contributed by atoms with Crippen molar-refractivity contribution >= 4 is 29.1 Å². The number of pyridine rings is 1. The first-order valence-electron chi connectivity index (χ1n) is 17.0. The summed E-state index contributed by atoms with van der Waals surface area (Å²) in [7, 11) is 3.25. The lowest BCUT2D eigenvalue weighted by Crippen LogP contribution is -2.42. The van der Waals surface area contributed by atoms with Crippen molar-refractivity contribution in [2.24, 2.45) is 0 Å². The predicted molar refractivity (Wildman–Crippen MR) is 192 cm³/mol. The number of hydrogen-bond donors (Lipinski definition) is 2. The first-order valence-corrected chi connectivity index (χ1v) is 17.0. The number of methoxy groups -OCH3 is 2. The van der Waals surface area contributed by atoms with Crippen molar-refractivity contribution in [2.45, 2.75) is 32.1 Å². The number of carbonyl (C=O) groups is 3.